The second kappa shape index (κ2) is 6.25. The molecule has 0 bridgehead atoms. The number of halogens is 1. The smallest absolute Gasteiger partial charge is 0.157 e. The van der Waals surface area contributed by atoms with Crippen molar-refractivity contribution >= 4 is 44.2 Å². The zero-order valence-corrected chi connectivity index (χ0v) is 13.3. The maximum Gasteiger partial charge on any atom is 0.157 e. The summed E-state index contributed by atoms with van der Waals surface area (Å²) in [6, 6.07) is 2.74. The molecule has 1 aromatic rings. The number of aliphatic imine (C=N–C) groups is 1. The maximum atomic E-state index is 4.62. The van der Waals surface area contributed by atoms with Crippen LogP contribution in [0.2, 0.25) is 0 Å². The second-order valence-electron chi connectivity index (χ2n) is 4.63. The quantitative estimate of drug-likeness (QED) is 0.896. The topological polar surface area (TPSA) is 24.4 Å². The molecule has 5 heteroatoms. The molecule has 1 fully saturated rings. The van der Waals surface area contributed by atoms with E-state index in [2.05, 4.69) is 51.5 Å². The van der Waals surface area contributed by atoms with Crippen LogP contribution in [0.5, 0.6) is 0 Å². The molecule has 0 saturated carbocycles. The van der Waals surface area contributed by atoms with Crippen LogP contribution in [0.4, 0.5) is 0 Å². The molecule has 1 aliphatic heterocycles. The van der Waals surface area contributed by atoms with Gasteiger partial charge in [-0.05, 0) is 34.3 Å². The number of nitrogens with one attached hydrogen (secondary N) is 1. The second-order valence-corrected chi connectivity index (χ2v) is 7.55. The van der Waals surface area contributed by atoms with E-state index >= 15 is 0 Å². The van der Waals surface area contributed by atoms with Gasteiger partial charge in [0.25, 0.3) is 0 Å². The van der Waals surface area contributed by atoms with Crippen LogP contribution < -0.4 is 5.32 Å². The van der Waals surface area contributed by atoms with Gasteiger partial charge in [0.2, 0.25) is 0 Å². The maximum absolute atomic E-state index is 4.62. The van der Waals surface area contributed by atoms with Gasteiger partial charge in [-0.25, -0.2) is 0 Å². The highest BCUT2D eigenvalue weighted by Gasteiger charge is 2.20. The Hall–Kier alpha value is -0.0000000000000000833. The molecular formula is C12H17BrN2S2. The standard InChI is InChI=1S/C12H17BrN2S2/c1-8(2)3-10-7-17-12(15-10)14-5-11-4-9(13)6-16-11/h4,6,8,10H,3,5,7H2,1-2H3,(H,14,15). The Bertz CT molecular complexity index is 401. The summed E-state index contributed by atoms with van der Waals surface area (Å²) in [5.74, 6) is 1.91. The number of thiophene rings is 1. The van der Waals surface area contributed by atoms with Gasteiger partial charge in [0.05, 0.1) is 6.54 Å². The fourth-order valence-electron chi connectivity index (χ4n) is 1.81. The summed E-state index contributed by atoms with van der Waals surface area (Å²) in [6.07, 6.45) is 1.23. The summed E-state index contributed by atoms with van der Waals surface area (Å²) in [6.45, 7) is 5.33. The molecule has 1 saturated heterocycles. The van der Waals surface area contributed by atoms with Crippen molar-refractivity contribution in [3.8, 4) is 0 Å². The number of thioether (sulfide) groups is 1. The molecule has 2 nitrogen and oxygen atoms in total. The molecule has 2 rings (SSSR count). The Morgan fingerprint density at radius 1 is 1.59 bits per heavy atom. The van der Waals surface area contributed by atoms with E-state index < -0.39 is 0 Å². The Labute approximate surface area is 119 Å². The van der Waals surface area contributed by atoms with Crippen LogP contribution in [-0.2, 0) is 6.54 Å². The third-order valence-corrected chi connectivity index (χ3v) is 5.28. The molecule has 1 aromatic heterocycles. The average Bonchev–Trinajstić information content (AvgIpc) is 2.84. The lowest BCUT2D eigenvalue weighted by atomic mass is 10.1. The summed E-state index contributed by atoms with van der Waals surface area (Å²) < 4.78 is 1.16. The van der Waals surface area contributed by atoms with Gasteiger partial charge in [0.1, 0.15) is 0 Å². The van der Waals surface area contributed by atoms with Crippen LogP contribution >= 0.6 is 39.0 Å². The SMILES string of the molecule is CC(C)CC1CSC(=NCc2cc(Br)cs2)N1. The molecule has 0 spiro atoms. The van der Waals surface area contributed by atoms with Gasteiger partial charge in [0, 0.05) is 26.5 Å². The Kier molecular flexibility index (Phi) is 4.94. The average molecular weight is 333 g/mol. The van der Waals surface area contributed by atoms with Crippen molar-refractivity contribution in [1.29, 1.82) is 0 Å². The summed E-state index contributed by atoms with van der Waals surface area (Å²) in [7, 11) is 0. The Morgan fingerprint density at radius 3 is 3.06 bits per heavy atom. The summed E-state index contributed by atoms with van der Waals surface area (Å²) >= 11 is 7.07. The lowest BCUT2D eigenvalue weighted by Gasteiger charge is -2.11. The van der Waals surface area contributed by atoms with Crippen LogP contribution in [0, 0.1) is 5.92 Å². The minimum atomic E-state index is 0.605. The number of hydrogen-bond acceptors (Lipinski definition) is 3. The van der Waals surface area contributed by atoms with Gasteiger partial charge in [-0.1, -0.05) is 25.6 Å². The molecule has 1 aliphatic rings. The molecule has 17 heavy (non-hydrogen) atoms. The van der Waals surface area contributed by atoms with Crippen LogP contribution in [-0.4, -0.2) is 17.0 Å². The number of rotatable bonds is 4. The van der Waals surface area contributed by atoms with E-state index in [1.165, 1.54) is 11.3 Å². The third kappa shape index (κ3) is 4.30. The molecule has 0 radical (unpaired) electrons. The van der Waals surface area contributed by atoms with Crippen molar-refractivity contribution in [2.24, 2.45) is 10.9 Å². The Balaban J connectivity index is 1.83. The normalized spacial score (nSPS) is 22.4. The van der Waals surface area contributed by atoms with Gasteiger partial charge in [-0.2, -0.15) is 0 Å². The van der Waals surface area contributed by atoms with Crippen LogP contribution in [0.15, 0.2) is 20.9 Å². The molecule has 2 heterocycles. The van der Waals surface area contributed by atoms with Gasteiger partial charge in [0.15, 0.2) is 5.17 Å². The third-order valence-electron chi connectivity index (χ3n) is 2.51. The first kappa shape index (κ1) is 13.4. The van der Waals surface area contributed by atoms with Crippen molar-refractivity contribution in [2.45, 2.75) is 32.9 Å². The van der Waals surface area contributed by atoms with Crippen molar-refractivity contribution in [3.63, 3.8) is 0 Å². The van der Waals surface area contributed by atoms with Crippen LogP contribution in [0.3, 0.4) is 0 Å². The highest BCUT2D eigenvalue weighted by Crippen LogP contribution is 2.22. The lowest BCUT2D eigenvalue weighted by Crippen LogP contribution is -2.28. The highest BCUT2D eigenvalue weighted by atomic mass is 79.9. The molecule has 0 aromatic carbocycles. The molecule has 1 atom stereocenters. The summed E-state index contributed by atoms with van der Waals surface area (Å²) in [4.78, 5) is 5.93. The Morgan fingerprint density at radius 2 is 2.41 bits per heavy atom. The van der Waals surface area contributed by atoms with Crippen molar-refractivity contribution in [3.05, 3.63) is 20.8 Å². The molecule has 1 N–H and O–H groups in total. The highest BCUT2D eigenvalue weighted by molar-refractivity contribution is 9.10. The number of nitrogens with zero attached hydrogens (tertiary/aromatic N) is 1. The van der Waals surface area contributed by atoms with Gasteiger partial charge < -0.3 is 5.32 Å². The van der Waals surface area contributed by atoms with Crippen molar-refractivity contribution in [1.82, 2.24) is 5.32 Å². The first-order chi connectivity index (χ1) is 8.13. The zero-order chi connectivity index (χ0) is 12.3. The zero-order valence-electron chi connectivity index (χ0n) is 10.1. The minimum absolute atomic E-state index is 0.605. The predicted molar refractivity (Wildman–Crippen MR) is 82.0 cm³/mol. The molecular weight excluding hydrogens is 316 g/mol. The van der Waals surface area contributed by atoms with Gasteiger partial charge in [-0.15, -0.1) is 11.3 Å². The largest absolute Gasteiger partial charge is 0.361 e. The summed E-state index contributed by atoms with van der Waals surface area (Å²) in [5.41, 5.74) is 0. The number of amidine groups is 1. The predicted octanol–water partition coefficient (Wildman–Crippen LogP) is 4.12. The molecule has 94 valence electrons. The first-order valence-corrected chi connectivity index (χ1v) is 8.46. The van der Waals surface area contributed by atoms with Crippen molar-refractivity contribution < 1.29 is 0 Å². The van der Waals surface area contributed by atoms with Crippen LogP contribution in [0.1, 0.15) is 25.1 Å². The molecule has 1 unspecified atom stereocenters. The van der Waals surface area contributed by atoms with Crippen LogP contribution in [0.25, 0.3) is 0 Å². The lowest BCUT2D eigenvalue weighted by molar-refractivity contribution is 0.502. The fourth-order valence-corrected chi connectivity index (χ4v) is 4.17. The molecule has 0 amide bonds. The number of hydrogen-bond donors (Lipinski definition) is 1. The van der Waals surface area contributed by atoms with E-state index in [-0.39, 0.29) is 0 Å². The van der Waals surface area contributed by atoms with Gasteiger partial charge in [-0.3, -0.25) is 4.99 Å². The van der Waals surface area contributed by atoms with E-state index in [1.807, 2.05) is 11.8 Å². The molecule has 0 aliphatic carbocycles. The van der Waals surface area contributed by atoms with E-state index in [0.29, 0.717) is 6.04 Å². The first-order valence-electron chi connectivity index (χ1n) is 5.80. The van der Waals surface area contributed by atoms with E-state index in [0.717, 1.165) is 27.9 Å². The monoisotopic (exact) mass is 332 g/mol. The van der Waals surface area contributed by atoms with Crippen molar-refractivity contribution in [2.75, 3.05) is 5.75 Å². The van der Waals surface area contributed by atoms with Gasteiger partial charge >= 0.3 is 0 Å². The fraction of sp³-hybridized carbons (Fsp3) is 0.583. The van der Waals surface area contributed by atoms with E-state index in [1.54, 1.807) is 11.3 Å². The minimum Gasteiger partial charge on any atom is -0.361 e. The van der Waals surface area contributed by atoms with E-state index in [4.69, 9.17) is 0 Å². The van der Waals surface area contributed by atoms with E-state index in [9.17, 15) is 0 Å². The summed E-state index contributed by atoms with van der Waals surface area (Å²) in [5, 5.41) is 6.72.